The first kappa shape index (κ1) is 26.6. The predicted molar refractivity (Wildman–Crippen MR) is 99.8 cm³/mol. The first-order valence-corrected chi connectivity index (χ1v) is 9.68. The number of carbonyl (C=O) groups is 3. The zero-order valence-electron chi connectivity index (χ0n) is 17.2. The Hall–Kier alpha value is -1.63. The summed E-state index contributed by atoms with van der Waals surface area (Å²) in [6.45, 7) is 13.4. The summed E-state index contributed by atoms with van der Waals surface area (Å²) in [7, 11) is 0. The van der Waals surface area contributed by atoms with E-state index in [-0.39, 0.29) is 11.4 Å². The molecule has 154 valence electrons. The lowest BCUT2D eigenvalue weighted by atomic mass is 9.96. The number of carboxylic acid groups (broad SMARTS) is 2. The van der Waals surface area contributed by atoms with Gasteiger partial charge in [0.1, 0.15) is 0 Å². The number of quaternary nitrogens is 1. The molecule has 26 heavy (non-hydrogen) atoms. The third-order valence-corrected chi connectivity index (χ3v) is 4.22. The highest BCUT2D eigenvalue weighted by Crippen LogP contribution is 2.15. The molecule has 0 aromatic rings. The van der Waals surface area contributed by atoms with Gasteiger partial charge in [-0.2, -0.15) is 0 Å². The average Bonchev–Trinajstić information content (AvgIpc) is 2.55. The number of nitrogens with one attached hydrogen (secondary N) is 2. The maximum absolute atomic E-state index is 12.0. The van der Waals surface area contributed by atoms with Crippen LogP contribution in [0.1, 0.15) is 79.6 Å². The number of unbranched alkanes of at least 4 members (excludes halogenated alkanes) is 5. The zero-order chi connectivity index (χ0) is 20.6. The fourth-order valence-corrected chi connectivity index (χ4v) is 2.56. The lowest BCUT2D eigenvalue weighted by Crippen LogP contribution is -3.12. The Morgan fingerprint density at radius 1 is 0.962 bits per heavy atom. The van der Waals surface area contributed by atoms with E-state index in [0.29, 0.717) is 6.54 Å². The topological polar surface area (TPSA) is 111 Å². The van der Waals surface area contributed by atoms with E-state index in [9.17, 15) is 4.79 Å². The summed E-state index contributed by atoms with van der Waals surface area (Å²) in [5, 5.41) is 19.5. The third-order valence-electron chi connectivity index (χ3n) is 4.22. The molecular formula is C19H38N2O5. The lowest BCUT2D eigenvalue weighted by Gasteiger charge is -2.27. The number of hydrogen-bond donors (Lipinski definition) is 3. The molecule has 0 heterocycles. The van der Waals surface area contributed by atoms with E-state index >= 15 is 0 Å². The minimum atomic E-state index is -2.07. The number of hydrogen-bond acceptors (Lipinski definition) is 4. The molecule has 0 fully saturated rings. The normalized spacial score (nSPS) is 10.8. The monoisotopic (exact) mass is 374 g/mol. The van der Waals surface area contributed by atoms with Gasteiger partial charge < -0.3 is 25.2 Å². The second kappa shape index (κ2) is 15.6. The lowest BCUT2D eigenvalue weighted by molar-refractivity contribution is -0.888. The van der Waals surface area contributed by atoms with E-state index in [0.717, 1.165) is 19.5 Å². The molecule has 0 bridgehead atoms. The van der Waals surface area contributed by atoms with E-state index in [1.54, 1.807) is 0 Å². The molecular weight excluding hydrogens is 336 g/mol. The molecule has 3 N–H and O–H groups in total. The largest absolute Gasteiger partial charge is 0.539 e. The van der Waals surface area contributed by atoms with Crippen molar-refractivity contribution in [3.8, 4) is 0 Å². The van der Waals surface area contributed by atoms with Crippen LogP contribution in [0.3, 0.4) is 0 Å². The van der Waals surface area contributed by atoms with Crippen LogP contribution in [0.25, 0.3) is 0 Å². The Labute approximate surface area is 158 Å². The summed E-state index contributed by atoms with van der Waals surface area (Å²) in [4.78, 5) is 31.4. The molecule has 0 saturated heterocycles. The molecule has 1 amide bonds. The first-order valence-electron chi connectivity index (χ1n) is 9.68. The maximum Gasteiger partial charge on any atom is 0.351 e. The summed E-state index contributed by atoms with van der Waals surface area (Å²) in [5.74, 6) is -3.82. The Balaban J connectivity index is 0. The standard InChI is InChI=1S/C17H36N2O.C2H2O4/c1-6-9-10-11-12-13-14-17(4,5)18-16(20)15-19(7-2)8-3;3-1(4)2(5)6/h6-15H2,1-5H3,(H,18,20);(H,3,4)(H,5,6). The van der Waals surface area contributed by atoms with Crippen molar-refractivity contribution in [2.45, 2.75) is 85.1 Å². The number of carbonyl (C=O) groups excluding carboxylic acids is 2. The fourth-order valence-electron chi connectivity index (χ4n) is 2.56. The molecule has 0 aromatic heterocycles. The maximum atomic E-state index is 12.0. The van der Waals surface area contributed by atoms with Crippen LogP contribution in [-0.4, -0.2) is 48.1 Å². The molecule has 0 spiro atoms. The van der Waals surface area contributed by atoms with Crippen molar-refractivity contribution >= 4 is 17.8 Å². The van der Waals surface area contributed by atoms with Crippen molar-refractivity contribution in [1.29, 1.82) is 0 Å². The van der Waals surface area contributed by atoms with Gasteiger partial charge in [0, 0.05) is 5.54 Å². The van der Waals surface area contributed by atoms with Crippen LogP contribution < -0.4 is 15.3 Å². The molecule has 0 aliphatic heterocycles. The molecule has 7 heteroatoms. The van der Waals surface area contributed by atoms with Crippen LogP contribution in [-0.2, 0) is 14.4 Å². The van der Waals surface area contributed by atoms with Crippen molar-refractivity contribution < 1.29 is 29.5 Å². The third kappa shape index (κ3) is 17.2. The van der Waals surface area contributed by atoms with Crippen molar-refractivity contribution in [3.05, 3.63) is 0 Å². The molecule has 0 aliphatic rings. The number of carboxylic acids is 2. The second-order valence-electron chi connectivity index (χ2n) is 7.18. The summed E-state index contributed by atoms with van der Waals surface area (Å²) >= 11 is 0. The Morgan fingerprint density at radius 2 is 1.42 bits per heavy atom. The van der Waals surface area contributed by atoms with Gasteiger partial charge in [-0.15, -0.1) is 0 Å². The molecule has 0 rings (SSSR count). The highest BCUT2D eigenvalue weighted by Gasteiger charge is 2.21. The van der Waals surface area contributed by atoms with Crippen molar-refractivity contribution in [2.24, 2.45) is 0 Å². The summed E-state index contributed by atoms with van der Waals surface area (Å²) in [6.07, 6.45) is 8.94. The van der Waals surface area contributed by atoms with Gasteiger partial charge in [0.25, 0.3) is 5.91 Å². The van der Waals surface area contributed by atoms with Gasteiger partial charge in [-0.05, 0) is 34.1 Å². The van der Waals surface area contributed by atoms with E-state index in [1.165, 1.54) is 43.4 Å². The van der Waals surface area contributed by atoms with Crippen molar-refractivity contribution in [2.75, 3.05) is 19.6 Å². The smallest absolute Gasteiger partial charge is 0.351 e. The summed E-state index contributed by atoms with van der Waals surface area (Å²) in [6, 6.07) is 0. The molecule has 0 atom stereocenters. The molecule has 7 nitrogen and oxygen atoms in total. The predicted octanol–water partition coefficient (Wildman–Crippen LogP) is 0.377. The van der Waals surface area contributed by atoms with Gasteiger partial charge in [-0.3, -0.25) is 4.79 Å². The molecule has 0 saturated carbocycles. The fraction of sp³-hybridized carbons (Fsp3) is 0.842. The SMILES string of the molecule is CCCCCCCCC(C)(C)NC(=O)C[NH+](CC)CC.O=C([O-])C(=O)O. The van der Waals surface area contributed by atoms with E-state index in [4.69, 9.17) is 19.8 Å². The van der Waals surface area contributed by atoms with Gasteiger partial charge in [0.2, 0.25) is 0 Å². The van der Waals surface area contributed by atoms with Crippen LogP contribution in [0.15, 0.2) is 0 Å². The molecule has 0 aromatic carbocycles. The summed E-state index contributed by atoms with van der Waals surface area (Å²) in [5.41, 5.74) is -0.0611. The number of aliphatic carboxylic acids is 2. The van der Waals surface area contributed by atoms with Crippen LogP contribution >= 0.6 is 0 Å². The van der Waals surface area contributed by atoms with Crippen LogP contribution in [0.2, 0.25) is 0 Å². The first-order chi connectivity index (χ1) is 12.1. The Kier molecular flexibility index (Phi) is 16.0. The van der Waals surface area contributed by atoms with Gasteiger partial charge in [-0.1, -0.05) is 45.4 Å². The van der Waals surface area contributed by atoms with Crippen LogP contribution in [0.5, 0.6) is 0 Å². The zero-order valence-corrected chi connectivity index (χ0v) is 17.2. The molecule has 0 aliphatic carbocycles. The number of rotatable bonds is 12. The number of likely N-dealkylation sites (N-methyl/N-ethyl adjacent to an activating group) is 1. The minimum absolute atomic E-state index is 0.0611. The molecule has 0 unspecified atom stereocenters. The van der Waals surface area contributed by atoms with Gasteiger partial charge in [0.05, 0.1) is 13.1 Å². The Morgan fingerprint density at radius 3 is 1.85 bits per heavy atom. The average molecular weight is 375 g/mol. The van der Waals surface area contributed by atoms with Crippen molar-refractivity contribution in [1.82, 2.24) is 5.32 Å². The van der Waals surface area contributed by atoms with Crippen LogP contribution in [0, 0.1) is 0 Å². The highest BCUT2D eigenvalue weighted by atomic mass is 16.4. The van der Waals surface area contributed by atoms with E-state index in [2.05, 4.69) is 39.9 Å². The highest BCUT2D eigenvalue weighted by molar-refractivity contribution is 6.26. The van der Waals surface area contributed by atoms with Gasteiger partial charge in [0.15, 0.2) is 12.5 Å². The Bertz CT molecular complexity index is 395. The van der Waals surface area contributed by atoms with Gasteiger partial charge >= 0.3 is 5.97 Å². The minimum Gasteiger partial charge on any atom is -0.539 e. The second-order valence-corrected chi connectivity index (χ2v) is 7.18. The van der Waals surface area contributed by atoms with Crippen molar-refractivity contribution in [3.63, 3.8) is 0 Å². The van der Waals surface area contributed by atoms with Gasteiger partial charge in [-0.25, -0.2) is 4.79 Å². The van der Waals surface area contributed by atoms with E-state index in [1.807, 2.05) is 0 Å². The van der Waals surface area contributed by atoms with E-state index < -0.39 is 11.9 Å². The van der Waals surface area contributed by atoms with Crippen LogP contribution in [0.4, 0.5) is 0 Å². The molecule has 0 radical (unpaired) electrons. The quantitative estimate of drug-likeness (QED) is 0.338. The summed E-state index contributed by atoms with van der Waals surface area (Å²) < 4.78 is 0. The number of amides is 1.